The predicted molar refractivity (Wildman–Crippen MR) is 91.3 cm³/mol. The van der Waals surface area contributed by atoms with E-state index in [0.717, 1.165) is 35.2 Å². The van der Waals surface area contributed by atoms with E-state index in [1.165, 1.54) is 5.56 Å². The number of hydrogen-bond donors (Lipinski definition) is 2. The van der Waals surface area contributed by atoms with Gasteiger partial charge in [0.05, 0.1) is 0 Å². The summed E-state index contributed by atoms with van der Waals surface area (Å²) in [5.74, 6) is 1.84. The molecule has 0 unspecified atom stereocenters. The third kappa shape index (κ3) is 2.57. The predicted octanol–water partition coefficient (Wildman–Crippen LogP) is 3.64. The smallest absolute Gasteiger partial charge is 0.140 e. The molecule has 0 amide bonds. The molecule has 0 spiro atoms. The lowest BCUT2D eigenvalue weighted by Gasteiger charge is -2.08. The second-order valence-electron chi connectivity index (χ2n) is 5.45. The van der Waals surface area contributed by atoms with Gasteiger partial charge in [0.2, 0.25) is 0 Å². The fourth-order valence-corrected chi connectivity index (χ4v) is 2.66. The van der Waals surface area contributed by atoms with Gasteiger partial charge in [0, 0.05) is 18.9 Å². The third-order valence-corrected chi connectivity index (χ3v) is 3.78. The van der Waals surface area contributed by atoms with Crippen LogP contribution in [0.1, 0.15) is 11.4 Å². The summed E-state index contributed by atoms with van der Waals surface area (Å²) in [5.41, 5.74) is 3.83. The van der Waals surface area contributed by atoms with E-state index in [4.69, 9.17) is 4.98 Å². The van der Waals surface area contributed by atoms with Gasteiger partial charge in [0.25, 0.3) is 0 Å². The van der Waals surface area contributed by atoms with Crippen LogP contribution in [0.5, 0.6) is 0 Å². The maximum absolute atomic E-state index is 4.73. The molecule has 4 aromatic rings. The molecule has 0 saturated heterocycles. The molecule has 3 aromatic heterocycles. The number of benzene rings is 1. The van der Waals surface area contributed by atoms with Gasteiger partial charge in [-0.2, -0.15) is 0 Å². The average Bonchev–Trinajstić information content (AvgIpc) is 3.17. The molecular formula is C18H17N5. The Hall–Kier alpha value is -3.08. The number of anilines is 1. The monoisotopic (exact) mass is 303 g/mol. The van der Waals surface area contributed by atoms with Crippen molar-refractivity contribution in [3.63, 3.8) is 0 Å². The number of fused-ring (bicyclic) bond motifs is 1. The molecule has 0 aliphatic heterocycles. The average molecular weight is 303 g/mol. The van der Waals surface area contributed by atoms with Crippen LogP contribution < -0.4 is 5.32 Å². The summed E-state index contributed by atoms with van der Waals surface area (Å²) in [7, 11) is 0. The van der Waals surface area contributed by atoms with Crippen LogP contribution in [0.4, 0.5) is 5.82 Å². The molecule has 5 nitrogen and oxygen atoms in total. The van der Waals surface area contributed by atoms with Gasteiger partial charge in [-0.3, -0.25) is 4.40 Å². The molecule has 0 radical (unpaired) electrons. The number of aryl methyl sites for hydroxylation is 1. The summed E-state index contributed by atoms with van der Waals surface area (Å²) < 4.78 is 2.06. The number of nitrogens with zero attached hydrogens (tertiary/aromatic N) is 3. The van der Waals surface area contributed by atoms with E-state index >= 15 is 0 Å². The Kier molecular flexibility index (Phi) is 3.31. The number of hydrogen-bond acceptors (Lipinski definition) is 3. The SMILES string of the molecule is Cc1nc(-c2nc3ccccn3c2NCc2ccccc2)c[nH]1. The van der Waals surface area contributed by atoms with Gasteiger partial charge in [-0.25, -0.2) is 9.97 Å². The Balaban J connectivity index is 1.76. The van der Waals surface area contributed by atoms with Gasteiger partial charge in [0.15, 0.2) is 0 Å². The first-order valence-electron chi connectivity index (χ1n) is 7.58. The van der Waals surface area contributed by atoms with Crippen LogP contribution in [0.2, 0.25) is 0 Å². The number of pyridine rings is 1. The van der Waals surface area contributed by atoms with Crippen LogP contribution in [0.25, 0.3) is 17.0 Å². The van der Waals surface area contributed by atoms with Gasteiger partial charge in [0.1, 0.15) is 28.7 Å². The Morgan fingerprint density at radius 3 is 2.65 bits per heavy atom. The van der Waals surface area contributed by atoms with Crippen molar-refractivity contribution >= 4 is 11.5 Å². The van der Waals surface area contributed by atoms with Crippen molar-refractivity contribution in [1.82, 2.24) is 19.4 Å². The fourth-order valence-electron chi connectivity index (χ4n) is 2.66. The molecular weight excluding hydrogens is 286 g/mol. The number of aromatic nitrogens is 4. The Labute approximate surface area is 134 Å². The van der Waals surface area contributed by atoms with E-state index in [-0.39, 0.29) is 0 Å². The first-order chi connectivity index (χ1) is 11.3. The van der Waals surface area contributed by atoms with E-state index in [1.54, 1.807) is 0 Å². The molecule has 2 N–H and O–H groups in total. The first kappa shape index (κ1) is 13.6. The van der Waals surface area contributed by atoms with Crippen LogP contribution in [0, 0.1) is 6.92 Å². The molecule has 0 saturated carbocycles. The molecule has 4 rings (SSSR count). The molecule has 1 aromatic carbocycles. The van der Waals surface area contributed by atoms with Crippen molar-refractivity contribution in [3.05, 3.63) is 72.3 Å². The molecule has 5 heteroatoms. The highest BCUT2D eigenvalue weighted by Gasteiger charge is 2.15. The summed E-state index contributed by atoms with van der Waals surface area (Å²) in [6, 6.07) is 16.3. The standard InChI is InChI=1S/C18H17N5/c1-13-19-12-15(21-13)17-18(20-11-14-7-3-2-4-8-14)23-10-6-5-9-16(23)22-17/h2-10,12,20H,11H2,1H3,(H,19,21). The highest BCUT2D eigenvalue weighted by molar-refractivity contribution is 5.74. The van der Waals surface area contributed by atoms with Gasteiger partial charge in [-0.05, 0) is 24.6 Å². The second kappa shape index (κ2) is 5.61. The van der Waals surface area contributed by atoms with Gasteiger partial charge in [-0.15, -0.1) is 0 Å². The topological polar surface area (TPSA) is 58.0 Å². The number of imidazole rings is 2. The molecule has 0 atom stereocenters. The number of nitrogens with one attached hydrogen (secondary N) is 2. The van der Waals surface area contributed by atoms with Crippen molar-refractivity contribution in [2.75, 3.05) is 5.32 Å². The van der Waals surface area contributed by atoms with Crippen LogP contribution in [0.15, 0.2) is 60.9 Å². The van der Waals surface area contributed by atoms with Crippen LogP contribution in [0.3, 0.4) is 0 Å². The molecule has 0 bridgehead atoms. The zero-order chi connectivity index (χ0) is 15.6. The largest absolute Gasteiger partial charge is 0.365 e. The van der Waals surface area contributed by atoms with Crippen LogP contribution in [-0.4, -0.2) is 19.4 Å². The summed E-state index contributed by atoms with van der Waals surface area (Å²) in [5, 5.41) is 3.51. The van der Waals surface area contributed by atoms with Crippen molar-refractivity contribution in [2.45, 2.75) is 13.5 Å². The Bertz CT molecular complexity index is 936. The van der Waals surface area contributed by atoms with E-state index in [2.05, 4.69) is 31.8 Å². The highest BCUT2D eigenvalue weighted by atomic mass is 15.1. The van der Waals surface area contributed by atoms with Gasteiger partial charge < -0.3 is 10.3 Å². The zero-order valence-electron chi connectivity index (χ0n) is 12.8. The minimum atomic E-state index is 0.736. The molecule has 114 valence electrons. The maximum Gasteiger partial charge on any atom is 0.140 e. The number of H-pyrrole nitrogens is 1. The quantitative estimate of drug-likeness (QED) is 0.605. The minimum Gasteiger partial charge on any atom is -0.365 e. The third-order valence-electron chi connectivity index (χ3n) is 3.78. The van der Waals surface area contributed by atoms with E-state index < -0.39 is 0 Å². The summed E-state index contributed by atoms with van der Waals surface area (Å²) in [6.45, 7) is 2.68. The Morgan fingerprint density at radius 1 is 1.04 bits per heavy atom. The second-order valence-corrected chi connectivity index (χ2v) is 5.45. The fraction of sp³-hybridized carbons (Fsp3) is 0.111. The molecule has 0 fully saturated rings. The lowest BCUT2D eigenvalue weighted by Crippen LogP contribution is -2.03. The molecule has 0 aliphatic carbocycles. The highest BCUT2D eigenvalue weighted by Crippen LogP contribution is 2.27. The number of rotatable bonds is 4. The van der Waals surface area contributed by atoms with Crippen molar-refractivity contribution in [3.8, 4) is 11.4 Å². The molecule has 0 aliphatic rings. The molecule has 3 heterocycles. The van der Waals surface area contributed by atoms with Crippen molar-refractivity contribution < 1.29 is 0 Å². The first-order valence-corrected chi connectivity index (χ1v) is 7.58. The van der Waals surface area contributed by atoms with Crippen LogP contribution in [-0.2, 0) is 6.54 Å². The lowest BCUT2D eigenvalue weighted by atomic mass is 10.2. The minimum absolute atomic E-state index is 0.736. The van der Waals surface area contributed by atoms with Gasteiger partial charge in [-0.1, -0.05) is 36.4 Å². The lowest BCUT2D eigenvalue weighted by molar-refractivity contribution is 1.08. The Morgan fingerprint density at radius 2 is 1.87 bits per heavy atom. The van der Waals surface area contributed by atoms with Crippen molar-refractivity contribution in [2.24, 2.45) is 0 Å². The zero-order valence-corrected chi connectivity index (χ0v) is 12.8. The molecule has 23 heavy (non-hydrogen) atoms. The summed E-state index contributed by atoms with van der Waals surface area (Å²) in [6.07, 6.45) is 3.91. The van der Waals surface area contributed by atoms with Gasteiger partial charge >= 0.3 is 0 Å². The van der Waals surface area contributed by atoms with Crippen LogP contribution >= 0.6 is 0 Å². The maximum atomic E-state index is 4.73. The van der Waals surface area contributed by atoms with E-state index in [0.29, 0.717) is 0 Å². The summed E-state index contributed by atoms with van der Waals surface area (Å²) in [4.78, 5) is 12.4. The van der Waals surface area contributed by atoms with E-state index in [1.807, 2.05) is 55.7 Å². The normalized spacial score (nSPS) is 11.0. The number of aromatic amines is 1. The summed E-state index contributed by atoms with van der Waals surface area (Å²) >= 11 is 0. The van der Waals surface area contributed by atoms with E-state index in [9.17, 15) is 0 Å². The van der Waals surface area contributed by atoms with Crippen molar-refractivity contribution in [1.29, 1.82) is 0 Å².